The number of carbonyl (C=O) groups excluding carboxylic acids is 2. The van der Waals surface area contributed by atoms with Crippen LogP contribution in [0.15, 0.2) is 16.7 Å². The quantitative estimate of drug-likeness (QED) is 0.690. The van der Waals surface area contributed by atoms with Crippen molar-refractivity contribution in [1.82, 2.24) is 15.5 Å². The van der Waals surface area contributed by atoms with E-state index in [1.54, 1.807) is 13.0 Å². The van der Waals surface area contributed by atoms with Crippen LogP contribution in [0, 0.1) is 6.92 Å². The lowest BCUT2D eigenvalue weighted by Gasteiger charge is -2.19. The fourth-order valence-corrected chi connectivity index (χ4v) is 2.44. The molecule has 0 aliphatic rings. The van der Waals surface area contributed by atoms with Crippen LogP contribution < -0.4 is 10.6 Å². The monoisotopic (exact) mass is 323 g/mol. The molecule has 0 fully saturated rings. The van der Waals surface area contributed by atoms with E-state index in [2.05, 4.69) is 29.4 Å². The number of amides is 2. The van der Waals surface area contributed by atoms with E-state index in [9.17, 15) is 9.59 Å². The van der Waals surface area contributed by atoms with Gasteiger partial charge in [0.05, 0.1) is 18.4 Å². The highest BCUT2D eigenvalue weighted by Gasteiger charge is 2.13. The lowest BCUT2D eigenvalue weighted by molar-refractivity contribution is -0.120. The number of nitrogens with one attached hydrogen (secondary N) is 2. The third-order valence-electron chi connectivity index (χ3n) is 3.93. The molecule has 6 nitrogen and oxygen atoms in total. The second-order valence-electron chi connectivity index (χ2n) is 5.71. The normalized spacial score (nSPS) is 12.2. The zero-order valence-electron chi connectivity index (χ0n) is 14.6. The summed E-state index contributed by atoms with van der Waals surface area (Å²) in [7, 11) is 0. The number of hydrogen-bond acceptors (Lipinski definition) is 4. The molecule has 0 aliphatic carbocycles. The minimum absolute atomic E-state index is 0.0240. The highest BCUT2D eigenvalue weighted by molar-refractivity contribution is 5.97. The van der Waals surface area contributed by atoms with E-state index in [1.165, 1.54) is 6.26 Å². The average Bonchev–Trinajstić information content (AvgIpc) is 2.95. The van der Waals surface area contributed by atoms with Crippen LogP contribution in [0.2, 0.25) is 0 Å². The van der Waals surface area contributed by atoms with E-state index in [-0.39, 0.29) is 24.4 Å². The summed E-state index contributed by atoms with van der Waals surface area (Å²) in [5.41, 5.74) is 0.463. The maximum absolute atomic E-state index is 11.9. The van der Waals surface area contributed by atoms with Gasteiger partial charge in [-0.2, -0.15) is 0 Å². The molecule has 0 saturated carbocycles. The molecule has 130 valence electrons. The average molecular weight is 323 g/mol. The Balaban J connectivity index is 2.23. The van der Waals surface area contributed by atoms with Crippen LogP contribution in [0.5, 0.6) is 0 Å². The molecular formula is C17H29N3O3. The van der Waals surface area contributed by atoms with Crippen molar-refractivity contribution in [2.24, 2.45) is 0 Å². The van der Waals surface area contributed by atoms with Gasteiger partial charge in [0.25, 0.3) is 5.91 Å². The van der Waals surface area contributed by atoms with Gasteiger partial charge in [-0.3, -0.25) is 9.59 Å². The number of carbonyl (C=O) groups is 2. The second-order valence-corrected chi connectivity index (χ2v) is 5.71. The standard InChI is InChI=1S/C17H29N3O3/c1-5-20(6-2)10-7-8-13(3)19-16(21)12-18-17(22)15-9-11-23-14(15)4/h9,11,13H,5-8,10,12H2,1-4H3,(H,18,22)(H,19,21). The molecule has 1 aromatic heterocycles. The molecule has 1 heterocycles. The molecule has 0 spiro atoms. The zero-order chi connectivity index (χ0) is 17.2. The fourth-order valence-electron chi connectivity index (χ4n) is 2.44. The van der Waals surface area contributed by atoms with Gasteiger partial charge in [0.2, 0.25) is 5.91 Å². The Morgan fingerprint density at radius 1 is 1.30 bits per heavy atom. The van der Waals surface area contributed by atoms with E-state index in [0.29, 0.717) is 11.3 Å². The summed E-state index contributed by atoms with van der Waals surface area (Å²) >= 11 is 0. The molecule has 1 unspecified atom stereocenters. The first-order valence-corrected chi connectivity index (χ1v) is 8.31. The minimum Gasteiger partial charge on any atom is -0.469 e. The van der Waals surface area contributed by atoms with Crippen molar-refractivity contribution in [3.63, 3.8) is 0 Å². The Labute approximate surface area is 138 Å². The Hall–Kier alpha value is -1.82. The zero-order valence-corrected chi connectivity index (χ0v) is 14.6. The molecule has 1 aromatic rings. The van der Waals surface area contributed by atoms with Gasteiger partial charge < -0.3 is 20.0 Å². The summed E-state index contributed by atoms with van der Waals surface area (Å²) in [4.78, 5) is 26.1. The van der Waals surface area contributed by atoms with Crippen molar-refractivity contribution in [1.29, 1.82) is 0 Å². The molecule has 2 N–H and O–H groups in total. The topological polar surface area (TPSA) is 74.6 Å². The molecule has 0 bridgehead atoms. The predicted octanol–water partition coefficient (Wildman–Crippen LogP) is 1.94. The molecule has 0 radical (unpaired) electrons. The molecule has 2 amide bonds. The molecule has 1 atom stereocenters. The van der Waals surface area contributed by atoms with Crippen LogP contribution in [0.1, 0.15) is 49.7 Å². The molecule has 0 aliphatic heterocycles. The van der Waals surface area contributed by atoms with Crippen LogP contribution in [0.4, 0.5) is 0 Å². The first kappa shape index (κ1) is 19.2. The summed E-state index contributed by atoms with van der Waals surface area (Å²) in [5, 5.41) is 5.51. The van der Waals surface area contributed by atoms with Crippen LogP contribution in [-0.2, 0) is 4.79 Å². The van der Waals surface area contributed by atoms with Crippen molar-refractivity contribution in [2.45, 2.75) is 46.6 Å². The second kappa shape index (κ2) is 10.0. The van der Waals surface area contributed by atoms with E-state index >= 15 is 0 Å². The molecule has 1 rings (SSSR count). The van der Waals surface area contributed by atoms with Crippen LogP contribution in [0.3, 0.4) is 0 Å². The van der Waals surface area contributed by atoms with Crippen molar-refractivity contribution in [3.8, 4) is 0 Å². The van der Waals surface area contributed by atoms with Crippen LogP contribution in [-0.4, -0.2) is 48.9 Å². The van der Waals surface area contributed by atoms with E-state index in [4.69, 9.17) is 4.42 Å². The third kappa shape index (κ3) is 6.86. The summed E-state index contributed by atoms with van der Waals surface area (Å²) in [6, 6.07) is 1.70. The summed E-state index contributed by atoms with van der Waals surface area (Å²) < 4.78 is 5.07. The Bertz CT molecular complexity index is 495. The van der Waals surface area contributed by atoms with Gasteiger partial charge in [0, 0.05) is 6.04 Å². The number of rotatable bonds is 10. The Kier molecular flexibility index (Phi) is 8.40. The lowest BCUT2D eigenvalue weighted by atomic mass is 10.1. The van der Waals surface area contributed by atoms with Crippen molar-refractivity contribution < 1.29 is 14.0 Å². The number of hydrogen-bond donors (Lipinski definition) is 2. The number of nitrogens with zero attached hydrogens (tertiary/aromatic N) is 1. The maximum atomic E-state index is 11.9. The van der Waals surface area contributed by atoms with Crippen LogP contribution >= 0.6 is 0 Å². The van der Waals surface area contributed by atoms with Gasteiger partial charge >= 0.3 is 0 Å². The van der Waals surface area contributed by atoms with Gasteiger partial charge in [-0.15, -0.1) is 0 Å². The summed E-state index contributed by atoms with van der Waals surface area (Å²) in [6.07, 6.45) is 3.43. The van der Waals surface area contributed by atoms with Crippen molar-refractivity contribution >= 4 is 11.8 Å². The van der Waals surface area contributed by atoms with E-state index < -0.39 is 0 Å². The highest BCUT2D eigenvalue weighted by Crippen LogP contribution is 2.07. The number of furan rings is 1. The maximum Gasteiger partial charge on any atom is 0.255 e. The first-order chi connectivity index (χ1) is 11.0. The highest BCUT2D eigenvalue weighted by atomic mass is 16.3. The summed E-state index contributed by atoms with van der Waals surface area (Å²) in [6.45, 7) is 11.1. The molecule has 23 heavy (non-hydrogen) atoms. The molecular weight excluding hydrogens is 294 g/mol. The molecule has 0 saturated heterocycles. The molecule has 6 heteroatoms. The summed E-state index contributed by atoms with van der Waals surface area (Å²) in [5.74, 6) is 0.0862. The van der Waals surface area contributed by atoms with E-state index in [0.717, 1.165) is 32.5 Å². The Morgan fingerprint density at radius 3 is 2.57 bits per heavy atom. The molecule has 0 aromatic carbocycles. The van der Waals surface area contributed by atoms with Gasteiger partial charge in [-0.1, -0.05) is 13.8 Å². The fraction of sp³-hybridized carbons (Fsp3) is 0.647. The largest absolute Gasteiger partial charge is 0.469 e. The van der Waals surface area contributed by atoms with Gasteiger partial charge in [-0.25, -0.2) is 0 Å². The van der Waals surface area contributed by atoms with Crippen molar-refractivity contribution in [2.75, 3.05) is 26.2 Å². The SMILES string of the molecule is CCN(CC)CCCC(C)NC(=O)CNC(=O)c1ccoc1C. The Morgan fingerprint density at radius 2 is 2.00 bits per heavy atom. The van der Waals surface area contributed by atoms with Crippen LogP contribution in [0.25, 0.3) is 0 Å². The smallest absolute Gasteiger partial charge is 0.255 e. The number of aryl methyl sites for hydroxylation is 1. The third-order valence-corrected chi connectivity index (χ3v) is 3.93. The first-order valence-electron chi connectivity index (χ1n) is 8.31. The van der Waals surface area contributed by atoms with Crippen molar-refractivity contribution in [3.05, 3.63) is 23.7 Å². The van der Waals surface area contributed by atoms with E-state index in [1.807, 2.05) is 6.92 Å². The van der Waals surface area contributed by atoms with Gasteiger partial charge in [0.15, 0.2) is 0 Å². The lowest BCUT2D eigenvalue weighted by Crippen LogP contribution is -2.41. The minimum atomic E-state index is -0.291. The van der Waals surface area contributed by atoms with Gasteiger partial charge in [0.1, 0.15) is 5.76 Å². The predicted molar refractivity (Wildman–Crippen MR) is 90.4 cm³/mol. The van der Waals surface area contributed by atoms with Gasteiger partial charge in [-0.05, 0) is 52.4 Å².